The van der Waals surface area contributed by atoms with Gasteiger partial charge in [0.25, 0.3) is 0 Å². The van der Waals surface area contributed by atoms with Crippen LogP contribution < -0.4 is 4.74 Å². The fourth-order valence-electron chi connectivity index (χ4n) is 7.66. The standard InChI is InChI=1S/C49H54N4O.Pt/c1-30(2)33-25-35(53-32(4)45(31(3)51-53)46-40(48(8,9)10)18-16-19-41(46)49(11,12)13)28-37(26-33)54-36-21-22-39-38-17-14-15-20-42(38)52(43(39)29-36)44-27-34(23-24-50-44)47(5,6)7;/h14-27,30H,1-13H3;/q-2;+2. The number of fused-ring (bicyclic) bond motifs is 3. The Morgan fingerprint density at radius 1 is 0.673 bits per heavy atom. The maximum Gasteiger partial charge on any atom is 2.00 e. The zero-order chi connectivity index (χ0) is 38.9. The first-order chi connectivity index (χ1) is 25.3. The van der Waals surface area contributed by atoms with Gasteiger partial charge in [0.05, 0.1) is 5.69 Å². The average molecular weight is 910 g/mol. The number of para-hydroxylation sites is 1. The van der Waals surface area contributed by atoms with Gasteiger partial charge >= 0.3 is 21.1 Å². The number of nitrogens with zero attached hydrogens (tertiary/aromatic N) is 4. The summed E-state index contributed by atoms with van der Waals surface area (Å²) in [5.41, 5.74) is 12.3. The average Bonchev–Trinajstić information content (AvgIpc) is 3.59. The Hall–Kier alpha value is -4.47. The van der Waals surface area contributed by atoms with Gasteiger partial charge in [-0.15, -0.1) is 41.3 Å². The molecule has 0 saturated carbocycles. The number of rotatable bonds is 6. The zero-order valence-corrected chi connectivity index (χ0v) is 36.9. The molecule has 286 valence electrons. The molecule has 0 unspecified atom stereocenters. The number of benzene rings is 4. The molecule has 0 aliphatic carbocycles. The van der Waals surface area contributed by atoms with Crippen molar-refractivity contribution in [3.05, 3.63) is 131 Å². The topological polar surface area (TPSA) is 44.9 Å². The molecule has 0 radical (unpaired) electrons. The minimum absolute atomic E-state index is 0. The smallest absolute Gasteiger partial charge is 0.509 e. The Bertz CT molecular complexity index is 2500. The molecule has 3 aromatic heterocycles. The second kappa shape index (κ2) is 14.6. The predicted octanol–water partition coefficient (Wildman–Crippen LogP) is 13.1. The van der Waals surface area contributed by atoms with Crippen molar-refractivity contribution in [2.45, 2.75) is 112 Å². The van der Waals surface area contributed by atoms with E-state index in [4.69, 9.17) is 14.8 Å². The van der Waals surface area contributed by atoms with E-state index in [0.29, 0.717) is 11.5 Å². The molecule has 4 aromatic carbocycles. The molecule has 0 fully saturated rings. The van der Waals surface area contributed by atoms with Crippen LogP contribution in [0.4, 0.5) is 0 Å². The zero-order valence-electron chi connectivity index (χ0n) is 34.7. The van der Waals surface area contributed by atoms with Gasteiger partial charge in [0.2, 0.25) is 0 Å². The SMILES string of the molecule is Cc1nn(-c2[c-]c(Oc3[c-]c4c(cc3)c3ccccc3n4-c3cc(C(C)(C)C)ccn3)cc(C(C)C)c2)c(C)c1-c1c(C(C)(C)C)cccc1C(C)(C)C.[Pt+2]. The van der Waals surface area contributed by atoms with Gasteiger partial charge < -0.3 is 9.30 Å². The van der Waals surface area contributed by atoms with Crippen molar-refractivity contribution in [1.82, 2.24) is 19.3 Å². The van der Waals surface area contributed by atoms with E-state index < -0.39 is 0 Å². The monoisotopic (exact) mass is 909 g/mol. The fourth-order valence-corrected chi connectivity index (χ4v) is 7.66. The first-order valence-electron chi connectivity index (χ1n) is 19.2. The van der Waals surface area contributed by atoms with Crippen molar-refractivity contribution in [3.8, 4) is 34.1 Å². The Morgan fingerprint density at radius 2 is 1.35 bits per heavy atom. The molecule has 3 heterocycles. The van der Waals surface area contributed by atoms with Crippen LogP contribution >= 0.6 is 0 Å². The van der Waals surface area contributed by atoms with Gasteiger partial charge in [-0.3, -0.25) is 4.68 Å². The molecule has 5 nitrogen and oxygen atoms in total. The van der Waals surface area contributed by atoms with E-state index in [1.54, 1.807) is 0 Å². The summed E-state index contributed by atoms with van der Waals surface area (Å²) in [6, 6.07) is 35.2. The molecule has 55 heavy (non-hydrogen) atoms. The van der Waals surface area contributed by atoms with Crippen molar-refractivity contribution >= 4 is 21.8 Å². The molecule has 0 amide bonds. The Morgan fingerprint density at radius 3 is 1.98 bits per heavy atom. The van der Waals surface area contributed by atoms with Crippen LogP contribution in [-0.4, -0.2) is 19.3 Å². The second-order valence-corrected chi connectivity index (χ2v) is 18.2. The normalized spacial score (nSPS) is 12.5. The number of aromatic nitrogens is 4. The van der Waals surface area contributed by atoms with Gasteiger partial charge in [0.15, 0.2) is 0 Å². The molecular formula is C49H54N4OPt. The summed E-state index contributed by atoms with van der Waals surface area (Å²) >= 11 is 0. The number of hydrogen-bond donors (Lipinski definition) is 0. The van der Waals surface area contributed by atoms with E-state index >= 15 is 0 Å². The van der Waals surface area contributed by atoms with Crippen LogP contribution in [0.25, 0.3) is 44.4 Å². The van der Waals surface area contributed by atoms with Gasteiger partial charge in [-0.05, 0) is 87.5 Å². The van der Waals surface area contributed by atoms with Gasteiger partial charge in [0, 0.05) is 34.5 Å². The predicted molar refractivity (Wildman–Crippen MR) is 225 cm³/mol. The van der Waals surface area contributed by atoms with Crippen LogP contribution in [-0.2, 0) is 37.3 Å². The van der Waals surface area contributed by atoms with Gasteiger partial charge in [-0.25, -0.2) is 4.98 Å². The van der Waals surface area contributed by atoms with E-state index in [1.807, 2.05) is 16.9 Å². The van der Waals surface area contributed by atoms with E-state index in [9.17, 15) is 0 Å². The fraction of sp³-hybridized carbons (Fsp3) is 0.347. The van der Waals surface area contributed by atoms with Gasteiger partial charge in [0.1, 0.15) is 5.82 Å². The molecule has 0 atom stereocenters. The number of hydrogen-bond acceptors (Lipinski definition) is 3. The van der Waals surface area contributed by atoms with Crippen LogP contribution in [0.5, 0.6) is 11.5 Å². The molecule has 7 rings (SSSR count). The summed E-state index contributed by atoms with van der Waals surface area (Å²) < 4.78 is 11.0. The van der Waals surface area contributed by atoms with Gasteiger partial charge in [-0.1, -0.05) is 118 Å². The molecule has 7 aromatic rings. The van der Waals surface area contributed by atoms with Crippen molar-refractivity contribution in [2.75, 3.05) is 0 Å². The summed E-state index contributed by atoms with van der Waals surface area (Å²) in [5.74, 6) is 2.37. The van der Waals surface area contributed by atoms with Crippen LogP contribution in [0.15, 0.2) is 85.1 Å². The summed E-state index contributed by atoms with van der Waals surface area (Å²) in [4.78, 5) is 4.85. The summed E-state index contributed by atoms with van der Waals surface area (Å²) in [6.45, 7) is 29.2. The Kier molecular flexibility index (Phi) is 10.6. The minimum Gasteiger partial charge on any atom is -0.509 e. The maximum atomic E-state index is 6.71. The van der Waals surface area contributed by atoms with Gasteiger partial charge in [-0.2, -0.15) is 11.2 Å². The molecule has 0 bridgehead atoms. The molecule has 6 heteroatoms. The van der Waals surface area contributed by atoms with Crippen LogP contribution in [0, 0.1) is 26.0 Å². The third kappa shape index (κ3) is 7.58. The molecule has 0 spiro atoms. The Balaban J connectivity index is 0.00000514. The summed E-state index contributed by atoms with van der Waals surface area (Å²) in [6.07, 6.45) is 1.90. The third-order valence-electron chi connectivity index (χ3n) is 10.6. The largest absolute Gasteiger partial charge is 2.00 e. The van der Waals surface area contributed by atoms with E-state index in [-0.39, 0.29) is 43.2 Å². The third-order valence-corrected chi connectivity index (χ3v) is 10.6. The first kappa shape index (κ1) is 40.2. The molecule has 0 N–H and O–H groups in total. The molecule has 0 aliphatic rings. The van der Waals surface area contributed by atoms with E-state index in [2.05, 4.69) is 180 Å². The van der Waals surface area contributed by atoms with E-state index in [0.717, 1.165) is 50.3 Å². The summed E-state index contributed by atoms with van der Waals surface area (Å²) in [7, 11) is 0. The first-order valence-corrected chi connectivity index (χ1v) is 19.2. The van der Waals surface area contributed by atoms with Crippen LogP contribution in [0.2, 0.25) is 0 Å². The number of aryl methyl sites for hydroxylation is 1. The second-order valence-electron chi connectivity index (χ2n) is 18.2. The Labute approximate surface area is 342 Å². The van der Waals surface area contributed by atoms with Crippen molar-refractivity contribution in [1.29, 1.82) is 0 Å². The molecule has 0 saturated heterocycles. The minimum atomic E-state index is -0.0446. The molecule has 0 aliphatic heterocycles. The van der Waals surface area contributed by atoms with Crippen molar-refractivity contribution in [2.24, 2.45) is 0 Å². The quantitative estimate of drug-likeness (QED) is 0.156. The van der Waals surface area contributed by atoms with Crippen molar-refractivity contribution in [3.63, 3.8) is 0 Å². The maximum absolute atomic E-state index is 6.71. The van der Waals surface area contributed by atoms with Crippen LogP contribution in [0.3, 0.4) is 0 Å². The number of ether oxygens (including phenoxy) is 1. The summed E-state index contributed by atoms with van der Waals surface area (Å²) in [5, 5.41) is 7.45. The van der Waals surface area contributed by atoms with E-state index in [1.165, 1.54) is 27.8 Å². The molecular weight excluding hydrogens is 856 g/mol. The van der Waals surface area contributed by atoms with Crippen LogP contribution in [0.1, 0.15) is 116 Å². The number of pyridine rings is 1. The van der Waals surface area contributed by atoms with Crippen molar-refractivity contribution < 1.29 is 25.8 Å².